The monoisotopic (exact) mass is 489 g/mol. The third-order valence-corrected chi connectivity index (χ3v) is 11.4. The normalized spacial score (nSPS) is 25.6. The van der Waals surface area contributed by atoms with E-state index in [1.165, 1.54) is 56.1 Å². The molecule has 2 spiro atoms. The maximum Gasteiger partial charge on any atom is 0.218 e. The van der Waals surface area contributed by atoms with Gasteiger partial charge in [0, 0.05) is 18.5 Å². The van der Waals surface area contributed by atoms with Crippen molar-refractivity contribution >= 4 is 33.2 Å². The minimum absolute atomic E-state index is 0.0442. The van der Waals surface area contributed by atoms with E-state index < -0.39 is 10.0 Å². The van der Waals surface area contributed by atoms with Gasteiger partial charge in [0.25, 0.3) is 0 Å². The van der Waals surface area contributed by atoms with Crippen LogP contribution in [-0.4, -0.2) is 19.3 Å². The second kappa shape index (κ2) is 7.46. The fourth-order valence-corrected chi connectivity index (χ4v) is 9.17. The highest BCUT2D eigenvalue weighted by atomic mass is 35.5. The molecule has 2 aromatic rings. The van der Waals surface area contributed by atoms with Gasteiger partial charge in [-0.05, 0) is 84.2 Å². The Kier molecular flexibility index (Phi) is 5.01. The Labute approximate surface area is 201 Å². The summed E-state index contributed by atoms with van der Waals surface area (Å²) < 4.78 is 28.6. The fourth-order valence-electron chi connectivity index (χ4n) is 7.35. The molecule has 0 N–H and O–H groups in total. The number of rotatable bonds is 3. The first-order valence-corrected chi connectivity index (χ1v) is 14.2. The Morgan fingerprint density at radius 3 is 2.50 bits per heavy atom. The van der Waals surface area contributed by atoms with E-state index in [0.29, 0.717) is 45.4 Å². The van der Waals surface area contributed by atoms with Gasteiger partial charge in [-0.2, -0.15) is 4.31 Å². The Hall–Kier alpha value is -1.07. The smallest absolute Gasteiger partial charge is 0.212 e. The van der Waals surface area contributed by atoms with Crippen LogP contribution >= 0.6 is 23.2 Å². The van der Waals surface area contributed by atoms with Crippen molar-refractivity contribution < 1.29 is 8.42 Å². The van der Waals surface area contributed by atoms with Crippen LogP contribution in [0.25, 0.3) is 0 Å². The molecule has 3 nitrogen and oxygen atoms in total. The largest absolute Gasteiger partial charge is 0.218 e. The number of nitrogens with zero attached hydrogens (tertiary/aromatic N) is 1. The first-order chi connectivity index (χ1) is 15.3. The van der Waals surface area contributed by atoms with Crippen LogP contribution in [-0.2, 0) is 27.7 Å². The Morgan fingerprint density at radius 2 is 1.78 bits per heavy atom. The molecule has 1 atom stereocenters. The van der Waals surface area contributed by atoms with Crippen molar-refractivity contribution in [1.82, 2.24) is 4.31 Å². The lowest BCUT2D eigenvalue weighted by Crippen LogP contribution is -2.40. The van der Waals surface area contributed by atoms with Crippen molar-refractivity contribution in [2.24, 2.45) is 5.41 Å². The van der Waals surface area contributed by atoms with Gasteiger partial charge in [0.2, 0.25) is 10.0 Å². The average Bonchev–Trinajstić information content (AvgIpc) is 3.47. The van der Waals surface area contributed by atoms with Crippen LogP contribution in [0, 0.1) is 5.41 Å². The summed E-state index contributed by atoms with van der Waals surface area (Å²) in [6.45, 7) is 1.07. The predicted molar refractivity (Wildman–Crippen MR) is 130 cm³/mol. The number of halogens is 2. The van der Waals surface area contributed by atoms with Crippen molar-refractivity contribution in [3.8, 4) is 0 Å². The molecule has 4 aliphatic rings. The summed E-state index contributed by atoms with van der Waals surface area (Å²) in [6.07, 6.45) is 10.2. The fraction of sp³-hybridized carbons (Fsp3) is 0.538. The molecule has 32 heavy (non-hydrogen) atoms. The summed E-state index contributed by atoms with van der Waals surface area (Å²) in [5.41, 5.74) is 5.80. The molecule has 6 heteroatoms. The van der Waals surface area contributed by atoms with E-state index in [0.717, 1.165) is 6.42 Å². The van der Waals surface area contributed by atoms with E-state index in [-0.39, 0.29) is 5.75 Å². The Balaban J connectivity index is 1.34. The zero-order valence-corrected chi connectivity index (χ0v) is 20.6. The molecule has 170 valence electrons. The second-order valence-corrected chi connectivity index (χ2v) is 13.3. The summed E-state index contributed by atoms with van der Waals surface area (Å²) >= 11 is 12.2. The van der Waals surface area contributed by atoms with E-state index >= 15 is 0 Å². The first-order valence-electron chi connectivity index (χ1n) is 11.9. The summed E-state index contributed by atoms with van der Waals surface area (Å²) in [7, 11) is -3.47. The lowest BCUT2D eigenvalue weighted by molar-refractivity contribution is 0.152. The zero-order valence-electron chi connectivity index (χ0n) is 18.2. The third kappa shape index (κ3) is 3.20. The topological polar surface area (TPSA) is 37.4 Å². The van der Waals surface area contributed by atoms with Gasteiger partial charge >= 0.3 is 0 Å². The van der Waals surface area contributed by atoms with Crippen LogP contribution in [0.1, 0.15) is 79.5 Å². The van der Waals surface area contributed by atoms with Crippen LogP contribution in [0.4, 0.5) is 0 Å². The van der Waals surface area contributed by atoms with Gasteiger partial charge in [-0.1, -0.05) is 60.3 Å². The predicted octanol–water partition coefficient (Wildman–Crippen LogP) is 6.81. The molecule has 2 saturated carbocycles. The highest BCUT2D eigenvalue weighted by molar-refractivity contribution is 7.88. The van der Waals surface area contributed by atoms with Crippen molar-refractivity contribution in [2.75, 3.05) is 6.54 Å². The minimum atomic E-state index is -3.47. The summed E-state index contributed by atoms with van der Waals surface area (Å²) in [6, 6.07) is 11.8. The number of benzene rings is 2. The van der Waals surface area contributed by atoms with Gasteiger partial charge in [0.05, 0.1) is 15.8 Å². The SMILES string of the molecule is O=S(=O)(Cc1ccc(Cl)c(Cl)c1)N1CCC2CC3(CCCC3)C3(CC3)c3cccc(c32)C1. The van der Waals surface area contributed by atoms with E-state index in [2.05, 4.69) is 18.2 Å². The van der Waals surface area contributed by atoms with Crippen LogP contribution in [0.15, 0.2) is 36.4 Å². The van der Waals surface area contributed by atoms with Crippen LogP contribution in [0.2, 0.25) is 10.0 Å². The van der Waals surface area contributed by atoms with Crippen LogP contribution < -0.4 is 0 Å². The quantitative estimate of drug-likeness (QED) is 0.474. The van der Waals surface area contributed by atoms with Gasteiger partial charge in [-0.3, -0.25) is 0 Å². The molecule has 6 rings (SSSR count). The number of fused-ring (bicyclic) bond motifs is 2. The zero-order chi connectivity index (χ0) is 22.1. The summed E-state index contributed by atoms with van der Waals surface area (Å²) in [5, 5.41) is 0.841. The van der Waals surface area contributed by atoms with E-state index in [9.17, 15) is 8.42 Å². The molecule has 1 aliphatic heterocycles. The van der Waals surface area contributed by atoms with Gasteiger partial charge in [0.15, 0.2) is 0 Å². The third-order valence-electron chi connectivity index (χ3n) is 8.88. The molecule has 1 heterocycles. The Morgan fingerprint density at radius 1 is 1.00 bits per heavy atom. The molecule has 1 unspecified atom stereocenters. The van der Waals surface area contributed by atoms with Crippen molar-refractivity contribution in [2.45, 2.75) is 75.0 Å². The molecule has 2 fully saturated rings. The van der Waals surface area contributed by atoms with Crippen LogP contribution in [0.3, 0.4) is 0 Å². The average molecular weight is 490 g/mol. The van der Waals surface area contributed by atoms with Crippen molar-refractivity contribution in [1.29, 1.82) is 0 Å². The molecule has 2 aromatic carbocycles. The maximum atomic E-state index is 13.4. The molecule has 0 bridgehead atoms. The summed E-state index contributed by atoms with van der Waals surface area (Å²) in [4.78, 5) is 0. The second-order valence-electron chi connectivity index (χ2n) is 10.5. The lowest BCUT2D eigenvalue weighted by Gasteiger charge is -2.47. The molecule has 3 aliphatic carbocycles. The highest BCUT2D eigenvalue weighted by Crippen LogP contribution is 2.72. The molecule has 0 radical (unpaired) electrons. The van der Waals surface area contributed by atoms with Crippen LogP contribution in [0.5, 0.6) is 0 Å². The number of hydrogen-bond donors (Lipinski definition) is 0. The Bertz CT molecular complexity index is 1180. The molecular weight excluding hydrogens is 461 g/mol. The highest BCUT2D eigenvalue weighted by Gasteiger charge is 2.64. The van der Waals surface area contributed by atoms with Gasteiger partial charge in [0.1, 0.15) is 0 Å². The lowest BCUT2D eigenvalue weighted by atomic mass is 9.56. The van der Waals surface area contributed by atoms with Crippen molar-refractivity contribution in [3.05, 3.63) is 68.7 Å². The number of sulfonamides is 1. The molecular formula is C26H29Cl2NO2S. The van der Waals surface area contributed by atoms with Gasteiger partial charge in [-0.25, -0.2) is 8.42 Å². The minimum Gasteiger partial charge on any atom is -0.212 e. The van der Waals surface area contributed by atoms with Gasteiger partial charge < -0.3 is 0 Å². The summed E-state index contributed by atoms with van der Waals surface area (Å²) in [5.74, 6) is 0.438. The standard InChI is InChI=1S/C26H29Cl2NO2S/c27-22-7-6-18(14-23(22)28)17-32(30,31)29-13-8-19-15-25(9-1-2-10-25)26(11-12-26)21-5-3-4-20(16-29)24(19)21/h3-7,14,19H,1-2,8-13,15-17H2. The van der Waals surface area contributed by atoms with E-state index in [1.807, 2.05) is 0 Å². The van der Waals surface area contributed by atoms with Crippen molar-refractivity contribution in [3.63, 3.8) is 0 Å². The molecule has 0 aromatic heterocycles. The van der Waals surface area contributed by atoms with E-state index in [1.54, 1.807) is 28.1 Å². The van der Waals surface area contributed by atoms with E-state index in [4.69, 9.17) is 23.2 Å². The molecule has 0 amide bonds. The first kappa shape index (κ1) is 21.5. The molecule has 0 saturated heterocycles. The number of hydrogen-bond acceptors (Lipinski definition) is 2. The maximum absolute atomic E-state index is 13.4. The van der Waals surface area contributed by atoms with Gasteiger partial charge in [-0.15, -0.1) is 0 Å².